The summed E-state index contributed by atoms with van der Waals surface area (Å²) in [7, 11) is 0. The first-order valence-electron chi connectivity index (χ1n) is 6.86. The monoisotopic (exact) mass is 335 g/mol. The third-order valence-electron chi connectivity index (χ3n) is 3.68. The number of thioether (sulfide) groups is 1. The van der Waals surface area contributed by atoms with Crippen molar-refractivity contribution in [1.29, 1.82) is 0 Å². The minimum Gasteiger partial charge on any atom is -0.376 e. The van der Waals surface area contributed by atoms with Crippen molar-refractivity contribution in [2.45, 2.75) is 49.6 Å². The number of ether oxygens (including phenoxy) is 1. The van der Waals surface area contributed by atoms with Gasteiger partial charge in [-0.3, -0.25) is 4.79 Å². The first-order chi connectivity index (χ1) is 8.72. The lowest BCUT2D eigenvalue weighted by atomic mass is 10.1. The number of alkyl halides is 1. The number of rotatable bonds is 5. The van der Waals surface area contributed by atoms with Gasteiger partial charge in [-0.25, -0.2) is 0 Å². The molecule has 18 heavy (non-hydrogen) atoms. The Morgan fingerprint density at radius 3 is 2.94 bits per heavy atom. The van der Waals surface area contributed by atoms with Gasteiger partial charge in [0, 0.05) is 24.9 Å². The highest BCUT2D eigenvalue weighted by molar-refractivity contribution is 9.10. The second kappa shape index (κ2) is 7.15. The third kappa shape index (κ3) is 3.64. The van der Waals surface area contributed by atoms with Crippen LogP contribution in [0.25, 0.3) is 0 Å². The van der Waals surface area contributed by atoms with Crippen molar-refractivity contribution in [3.8, 4) is 0 Å². The molecule has 3 nitrogen and oxygen atoms in total. The molecule has 2 aliphatic heterocycles. The standard InChI is InChI=1S/C13H22BrNO2S/c1-2-12(14)13(16)15(10-5-7-18-9-10)8-11-4-3-6-17-11/h10-12H,2-9H2,1H3. The van der Waals surface area contributed by atoms with Crippen LogP contribution in [0.1, 0.15) is 32.6 Å². The lowest BCUT2D eigenvalue weighted by molar-refractivity contribution is -0.134. The molecule has 3 unspecified atom stereocenters. The number of nitrogens with zero attached hydrogens (tertiary/aromatic N) is 1. The Labute approximate surface area is 122 Å². The fraction of sp³-hybridized carbons (Fsp3) is 0.923. The minimum atomic E-state index is -0.0375. The van der Waals surface area contributed by atoms with Gasteiger partial charge in [-0.15, -0.1) is 0 Å². The Bertz CT molecular complexity index is 278. The van der Waals surface area contributed by atoms with Crippen molar-refractivity contribution >= 4 is 33.6 Å². The number of halogens is 1. The van der Waals surface area contributed by atoms with Crippen molar-refractivity contribution in [2.75, 3.05) is 24.7 Å². The van der Waals surface area contributed by atoms with Crippen molar-refractivity contribution in [3.63, 3.8) is 0 Å². The van der Waals surface area contributed by atoms with Crippen LogP contribution in [0.4, 0.5) is 0 Å². The summed E-state index contributed by atoms with van der Waals surface area (Å²) in [4.78, 5) is 14.5. The fourth-order valence-electron chi connectivity index (χ4n) is 2.55. The molecule has 2 heterocycles. The van der Waals surface area contributed by atoms with E-state index in [0.29, 0.717) is 6.04 Å². The smallest absolute Gasteiger partial charge is 0.236 e. The summed E-state index contributed by atoms with van der Waals surface area (Å²) < 4.78 is 5.69. The average Bonchev–Trinajstić information content (AvgIpc) is 3.06. The van der Waals surface area contributed by atoms with Crippen molar-refractivity contribution in [3.05, 3.63) is 0 Å². The average molecular weight is 336 g/mol. The molecular formula is C13H22BrNO2S. The highest BCUT2D eigenvalue weighted by Gasteiger charge is 2.32. The van der Waals surface area contributed by atoms with E-state index >= 15 is 0 Å². The van der Waals surface area contributed by atoms with E-state index in [1.165, 1.54) is 5.75 Å². The SMILES string of the molecule is CCC(Br)C(=O)N(CC1CCCO1)C1CCSC1. The summed E-state index contributed by atoms with van der Waals surface area (Å²) in [5.41, 5.74) is 0. The van der Waals surface area contributed by atoms with Crippen LogP contribution in [0.3, 0.4) is 0 Å². The Balaban J connectivity index is 1.98. The van der Waals surface area contributed by atoms with Gasteiger partial charge in [-0.1, -0.05) is 22.9 Å². The number of hydrogen-bond donors (Lipinski definition) is 0. The molecule has 2 fully saturated rings. The van der Waals surface area contributed by atoms with E-state index in [0.717, 1.165) is 44.6 Å². The minimum absolute atomic E-state index is 0.0375. The summed E-state index contributed by atoms with van der Waals surface area (Å²) in [5.74, 6) is 2.52. The predicted molar refractivity (Wildman–Crippen MR) is 79.4 cm³/mol. The summed E-state index contributed by atoms with van der Waals surface area (Å²) in [5, 5.41) is 0. The number of carbonyl (C=O) groups excluding carboxylic acids is 1. The molecule has 0 radical (unpaired) electrons. The molecule has 0 aromatic rings. The van der Waals surface area contributed by atoms with E-state index < -0.39 is 0 Å². The van der Waals surface area contributed by atoms with E-state index in [9.17, 15) is 4.79 Å². The maximum atomic E-state index is 12.5. The zero-order valence-corrected chi connectivity index (χ0v) is 13.3. The molecule has 0 aromatic heterocycles. The third-order valence-corrected chi connectivity index (χ3v) is 5.86. The molecule has 3 atom stereocenters. The Morgan fingerprint density at radius 1 is 1.56 bits per heavy atom. The van der Waals surface area contributed by atoms with Crippen molar-refractivity contribution < 1.29 is 9.53 Å². The molecule has 5 heteroatoms. The van der Waals surface area contributed by atoms with Crippen LogP contribution in [0, 0.1) is 0 Å². The van der Waals surface area contributed by atoms with E-state index in [4.69, 9.17) is 4.74 Å². The zero-order valence-electron chi connectivity index (χ0n) is 10.9. The highest BCUT2D eigenvalue weighted by atomic mass is 79.9. The predicted octanol–water partition coefficient (Wildman–Crippen LogP) is 2.67. The van der Waals surface area contributed by atoms with E-state index in [1.54, 1.807) is 0 Å². The Hall–Kier alpha value is 0.260. The molecule has 0 spiro atoms. The maximum absolute atomic E-state index is 12.5. The van der Waals surface area contributed by atoms with Crippen LogP contribution in [-0.2, 0) is 9.53 Å². The van der Waals surface area contributed by atoms with Crippen LogP contribution in [0.2, 0.25) is 0 Å². The molecule has 0 bridgehead atoms. The van der Waals surface area contributed by atoms with Crippen LogP contribution in [0.5, 0.6) is 0 Å². The van der Waals surface area contributed by atoms with Gasteiger partial charge in [0.2, 0.25) is 5.91 Å². The molecular weight excluding hydrogens is 314 g/mol. The molecule has 1 amide bonds. The van der Waals surface area contributed by atoms with Crippen LogP contribution in [0.15, 0.2) is 0 Å². The molecule has 2 rings (SSSR count). The molecule has 2 aliphatic rings. The molecule has 0 aliphatic carbocycles. The molecule has 2 saturated heterocycles. The first-order valence-corrected chi connectivity index (χ1v) is 8.93. The van der Waals surface area contributed by atoms with Gasteiger partial charge in [0.05, 0.1) is 10.9 Å². The molecule has 0 N–H and O–H groups in total. The highest BCUT2D eigenvalue weighted by Crippen LogP contribution is 2.26. The number of amides is 1. The lowest BCUT2D eigenvalue weighted by Crippen LogP contribution is -2.47. The zero-order chi connectivity index (χ0) is 13.0. The van der Waals surface area contributed by atoms with Crippen molar-refractivity contribution in [1.82, 2.24) is 4.90 Å². The van der Waals surface area contributed by atoms with Gasteiger partial charge in [0.25, 0.3) is 0 Å². The summed E-state index contributed by atoms with van der Waals surface area (Å²) in [6.07, 6.45) is 4.48. The van der Waals surface area contributed by atoms with E-state index in [2.05, 4.69) is 20.8 Å². The van der Waals surface area contributed by atoms with E-state index in [1.807, 2.05) is 18.7 Å². The molecule has 104 valence electrons. The van der Waals surface area contributed by atoms with Gasteiger partial charge in [-0.05, 0) is 31.4 Å². The van der Waals surface area contributed by atoms with E-state index in [-0.39, 0.29) is 16.8 Å². The molecule has 0 saturated carbocycles. The van der Waals surface area contributed by atoms with Gasteiger partial charge in [0.1, 0.15) is 0 Å². The van der Waals surface area contributed by atoms with Gasteiger partial charge >= 0.3 is 0 Å². The largest absolute Gasteiger partial charge is 0.376 e. The second-order valence-electron chi connectivity index (χ2n) is 5.02. The second-order valence-corrected chi connectivity index (χ2v) is 7.27. The van der Waals surface area contributed by atoms with Crippen LogP contribution >= 0.6 is 27.7 Å². The molecule has 0 aromatic carbocycles. The van der Waals surface area contributed by atoms with Crippen molar-refractivity contribution in [2.24, 2.45) is 0 Å². The first kappa shape index (κ1) is 14.7. The Morgan fingerprint density at radius 2 is 2.39 bits per heavy atom. The number of carbonyl (C=O) groups is 1. The van der Waals surface area contributed by atoms with Gasteiger partial charge in [-0.2, -0.15) is 11.8 Å². The fourth-order valence-corrected chi connectivity index (χ4v) is 4.04. The lowest BCUT2D eigenvalue weighted by Gasteiger charge is -2.32. The Kier molecular flexibility index (Phi) is 5.83. The normalized spacial score (nSPS) is 29.4. The quantitative estimate of drug-likeness (QED) is 0.723. The number of hydrogen-bond acceptors (Lipinski definition) is 3. The van der Waals surface area contributed by atoms with Gasteiger partial charge < -0.3 is 9.64 Å². The van der Waals surface area contributed by atoms with Gasteiger partial charge in [0.15, 0.2) is 0 Å². The summed E-state index contributed by atoms with van der Waals surface area (Å²) in [6, 6.07) is 0.415. The van der Waals surface area contributed by atoms with Crippen LogP contribution < -0.4 is 0 Å². The van der Waals surface area contributed by atoms with Crippen LogP contribution in [-0.4, -0.2) is 52.4 Å². The maximum Gasteiger partial charge on any atom is 0.236 e. The topological polar surface area (TPSA) is 29.5 Å². The summed E-state index contributed by atoms with van der Waals surface area (Å²) in [6.45, 7) is 3.69. The summed E-state index contributed by atoms with van der Waals surface area (Å²) >= 11 is 5.46.